The van der Waals surface area contributed by atoms with Crippen molar-refractivity contribution < 1.29 is 9.59 Å². The number of aromatic nitrogens is 2. The van der Waals surface area contributed by atoms with Crippen molar-refractivity contribution in [1.82, 2.24) is 19.8 Å². The summed E-state index contributed by atoms with van der Waals surface area (Å²) in [6.45, 7) is 1.18. The second kappa shape index (κ2) is 8.69. The first-order valence-electron chi connectivity index (χ1n) is 11.5. The van der Waals surface area contributed by atoms with Crippen molar-refractivity contribution in [2.24, 2.45) is 10.7 Å². The van der Waals surface area contributed by atoms with Crippen LogP contribution in [0.25, 0.3) is 0 Å². The minimum atomic E-state index is -1.25. The normalized spacial score (nSPS) is 16.2. The van der Waals surface area contributed by atoms with E-state index >= 15 is 0 Å². The Bertz CT molecular complexity index is 1420. The van der Waals surface area contributed by atoms with Gasteiger partial charge in [-0.2, -0.15) is 0 Å². The molecule has 0 aliphatic carbocycles. The minimum Gasteiger partial charge on any atom is -0.369 e. The molecule has 0 spiro atoms. The molecule has 9 heteroatoms. The average molecular weight is 495 g/mol. The van der Waals surface area contributed by atoms with Crippen LogP contribution in [0.2, 0.25) is 0 Å². The summed E-state index contributed by atoms with van der Waals surface area (Å²) in [5, 5.41) is 1.82. The average Bonchev–Trinajstić information content (AvgIpc) is 3.63. The van der Waals surface area contributed by atoms with Crippen LogP contribution in [-0.2, 0) is 30.0 Å². The Balaban J connectivity index is 1.26. The predicted molar refractivity (Wildman–Crippen MR) is 136 cm³/mol. The second-order valence-electron chi connectivity index (χ2n) is 8.76. The van der Waals surface area contributed by atoms with Crippen LogP contribution >= 0.6 is 11.3 Å². The molecule has 36 heavy (non-hydrogen) atoms. The van der Waals surface area contributed by atoms with E-state index in [4.69, 9.17) is 10.7 Å². The Kier molecular flexibility index (Phi) is 5.34. The van der Waals surface area contributed by atoms with Crippen LogP contribution in [-0.4, -0.2) is 37.5 Å². The van der Waals surface area contributed by atoms with Gasteiger partial charge in [0.1, 0.15) is 6.33 Å². The largest absolute Gasteiger partial charge is 0.369 e. The van der Waals surface area contributed by atoms with Gasteiger partial charge in [-0.1, -0.05) is 60.7 Å². The summed E-state index contributed by atoms with van der Waals surface area (Å²) in [6, 6.07) is 20.8. The van der Waals surface area contributed by atoms with Crippen molar-refractivity contribution in [2.45, 2.75) is 25.2 Å². The smallest absolute Gasteiger partial charge is 0.266 e. The first-order valence-corrected chi connectivity index (χ1v) is 12.4. The number of thiophene rings is 1. The summed E-state index contributed by atoms with van der Waals surface area (Å²) in [5.41, 5.74) is 9.04. The molecule has 0 saturated heterocycles. The zero-order chi connectivity index (χ0) is 24.7. The second-order valence-corrected chi connectivity index (χ2v) is 9.76. The molecule has 4 aromatic rings. The number of carbonyl (C=O) groups is 2. The zero-order valence-electron chi connectivity index (χ0n) is 19.2. The molecule has 2 aromatic heterocycles. The molecule has 6 rings (SSSR count). The van der Waals surface area contributed by atoms with E-state index in [0.717, 1.165) is 27.3 Å². The SMILES string of the molecule is NC1=NC(c2ccccc2)(c2ccccc2)C(=O)N1Cc1cc(C(=O)N2Cc3cncnc3C2)cs1. The van der Waals surface area contributed by atoms with E-state index in [2.05, 4.69) is 9.97 Å². The van der Waals surface area contributed by atoms with E-state index in [0.29, 0.717) is 18.7 Å². The number of aliphatic imine (C=N–C) groups is 1. The lowest BCUT2D eigenvalue weighted by Crippen LogP contribution is -2.43. The van der Waals surface area contributed by atoms with E-state index in [9.17, 15) is 9.59 Å². The number of rotatable bonds is 5. The molecule has 2 N–H and O–H groups in total. The number of nitrogens with zero attached hydrogens (tertiary/aromatic N) is 5. The number of amides is 2. The minimum absolute atomic E-state index is 0.0761. The fraction of sp³-hybridized carbons (Fsp3) is 0.148. The van der Waals surface area contributed by atoms with Crippen molar-refractivity contribution in [3.8, 4) is 0 Å². The van der Waals surface area contributed by atoms with Gasteiger partial charge < -0.3 is 10.6 Å². The van der Waals surface area contributed by atoms with Crippen LogP contribution in [0.5, 0.6) is 0 Å². The standard InChI is InChI=1S/C27H22N6O2S/c28-26-31-27(20-7-3-1-4-8-20,21-9-5-2-6-10-21)25(35)33(26)14-22-11-18(16-36-22)24(34)32-13-19-12-29-17-30-23(19)15-32/h1-12,16-17H,13-15H2,(H2,28,31). The Morgan fingerprint density at radius 1 is 1.03 bits per heavy atom. The molecule has 2 aliphatic heterocycles. The summed E-state index contributed by atoms with van der Waals surface area (Å²) in [4.78, 5) is 44.2. The van der Waals surface area contributed by atoms with E-state index in [1.807, 2.05) is 72.1 Å². The van der Waals surface area contributed by atoms with E-state index in [1.54, 1.807) is 11.1 Å². The maximum atomic E-state index is 14.0. The molecule has 0 saturated carbocycles. The maximum absolute atomic E-state index is 14.0. The molecule has 2 aromatic carbocycles. The zero-order valence-corrected chi connectivity index (χ0v) is 20.1. The molecular weight excluding hydrogens is 472 g/mol. The molecule has 2 aliphatic rings. The molecular formula is C27H22N6O2S. The summed E-state index contributed by atoms with van der Waals surface area (Å²) in [6.07, 6.45) is 3.25. The van der Waals surface area contributed by atoms with E-state index in [1.165, 1.54) is 22.6 Å². The van der Waals surface area contributed by atoms with Crippen molar-refractivity contribution in [3.63, 3.8) is 0 Å². The van der Waals surface area contributed by atoms with Gasteiger partial charge in [0, 0.05) is 28.6 Å². The number of benzene rings is 2. The van der Waals surface area contributed by atoms with E-state index < -0.39 is 5.54 Å². The molecule has 0 unspecified atom stereocenters. The molecule has 0 bridgehead atoms. The number of guanidine groups is 1. The summed E-state index contributed by atoms with van der Waals surface area (Å²) in [7, 11) is 0. The highest BCUT2D eigenvalue weighted by Crippen LogP contribution is 2.40. The number of hydrogen-bond acceptors (Lipinski definition) is 7. The number of fused-ring (bicyclic) bond motifs is 1. The highest BCUT2D eigenvalue weighted by atomic mass is 32.1. The highest BCUT2D eigenvalue weighted by Gasteiger charge is 2.50. The van der Waals surface area contributed by atoms with Gasteiger partial charge in [-0.05, 0) is 17.2 Å². The van der Waals surface area contributed by atoms with Crippen molar-refractivity contribution in [3.05, 3.63) is 117 Å². The van der Waals surface area contributed by atoms with E-state index in [-0.39, 0.29) is 24.3 Å². The van der Waals surface area contributed by atoms with Crippen molar-refractivity contribution in [1.29, 1.82) is 0 Å². The lowest BCUT2D eigenvalue weighted by molar-refractivity contribution is -0.130. The molecule has 8 nitrogen and oxygen atoms in total. The molecule has 0 fully saturated rings. The molecule has 2 amide bonds. The lowest BCUT2D eigenvalue weighted by atomic mass is 9.83. The van der Waals surface area contributed by atoms with Crippen LogP contribution in [0, 0.1) is 0 Å². The Hall–Kier alpha value is -4.37. The van der Waals surface area contributed by atoms with Gasteiger partial charge in [0.2, 0.25) is 0 Å². The summed E-state index contributed by atoms with van der Waals surface area (Å²) >= 11 is 1.42. The van der Waals surface area contributed by atoms with Crippen LogP contribution in [0.1, 0.15) is 37.6 Å². The first-order chi connectivity index (χ1) is 17.6. The quantitative estimate of drug-likeness (QED) is 0.458. The summed E-state index contributed by atoms with van der Waals surface area (Å²) in [5.74, 6) is -0.136. The highest BCUT2D eigenvalue weighted by molar-refractivity contribution is 7.10. The fourth-order valence-electron chi connectivity index (χ4n) is 4.79. The predicted octanol–water partition coefficient (Wildman–Crippen LogP) is 3.29. The van der Waals surface area contributed by atoms with Crippen LogP contribution < -0.4 is 5.73 Å². The Morgan fingerprint density at radius 3 is 2.39 bits per heavy atom. The van der Waals surface area contributed by atoms with Gasteiger partial charge in [-0.25, -0.2) is 15.0 Å². The van der Waals surface area contributed by atoms with Gasteiger partial charge in [0.05, 0.1) is 24.3 Å². The first kappa shape index (κ1) is 22.1. The van der Waals surface area contributed by atoms with Crippen LogP contribution in [0.15, 0.2) is 89.6 Å². The van der Waals surface area contributed by atoms with Crippen molar-refractivity contribution in [2.75, 3.05) is 0 Å². The van der Waals surface area contributed by atoms with Crippen molar-refractivity contribution >= 4 is 29.1 Å². The topological polar surface area (TPSA) is 105 Å². The molecule has 4 heterocycles. The Morgan fingerprint density at radius 2 is 1.72 bits per heavy atom. The lowest BCUT2D eigenvalue weighted by Gasteiger charge is -2.27. The van der Waals surface area contributed by atoms with Gasteiger partial charge in [-0.3, -0.25) is 14.5 Å². The monoisotopic (exact) mass is 494 g/mol. The van der Waals surface area contributed by atoms with Crippen LogP contribution in [0.4, 0.5) is 0 Å². The molecule has 0 radical (unpaired) electrons. The summed E-state index contributed by atoms with van der Waals surface area (Å²) < 4.78 is 0. The maximum Gasteiger partial charge on any atom is 0.266 e. The van der Waals surface area contributed by atoms with Gasteiger partial charge >= 0.3 is 0 Å². The molecule has 178 valence electrons. The van der Waals surface area contributed by atoms with Crippen LogP contribution in [0.3, 0.4) is 0 Å². The number of carbonyl (C=O) groups excluding carboxylic acids is 2. The third kappa shape index (κ3) is 3.56. The third-order valence-corrected chi connectivity index (χ3v) is 7.50. The third-order valence-electron chi connectivity index (χ3n) is 6.58. The Labute approximate surface area is 211 Å². The van der Waals surface area contributed by atoms with Gasteiger partial charge in [-0.15, -0.1) is 11.3 Å². The number of hydrogen-bond donors (Lipinski definition) is 1. The van der Waals surface area contributed by atoms with Gasteiger partial charge in [0.15, 0.2) is 11.5 Å². The van der Waals surface area contributed by atoms with Gasteiger partial charge in [0.25, 0.3) is 11.8 Å². The molecule has 0 atom stereocenters. The number of nitrogens with two attached hydrogens (primary N) is 1. The fourth-order valence-corrected chi connectivity index (χ4v) is 5.64.